The Morgan fingerprint density at radius 1 is 1.05 bits per heavy atom. The molecule has 1 heterocycles. The van der Waals surface area contributed by atoms with Crippen molar-refractivity contribution in [2.24, 2.45) is 0 Å². The van der Waals surface area contributed by atoms with E-state index in [1.807, 2.05) is 13.1 Å². The lowest BCUT2D eigenvalue weighted by Gasteiger charge is -2.09. The molecule has 1 rings (SSSR count). The third-order valence-corrected chi connectivity index (χ3v) is 2.29. The minimum absolute atomic E-state index is 0.383. The van der Waals surface area contributed by atoms with Gasteiger partial charge in [0.05, 0.1) is 19.8 Å². The number of methoxy groups -OCH3 is 2. The van der Waals surface area contributed by atoms with Crippen LogP contribution < -0.4 is 10.6 Å². The Morgan fingerprint density at radius 2 is 1.84 bits per heavy atom. The Balaban J connectivity index is 2.41. The van der Waals surface area contributed by atoms with Crippen molar-refractivity contribution in [3.05, 3.63) is 11.9 Å². The van der Waals surface area contributed by atoms with Gasteiger partial charge in [-0.15, -0.1) is 0 Å². The number of rotatable bonds is 10. The lowest BCUT2D eigenvalue weighted by atomic mass is 10.4. The van der Waals surface area contributed by atoms with Crippen LogP contribution in [0.2, 0.25) is 0 Å². The average molecular weight is 270 g/mol. The molecular weight excluding hydrogens is 248 g/mol. The molecule has 0 amide bonds. The van der Waals surface area contributed by atoms with Gasteiger partial charge in [-0.25, -0.2) is 9.97 Å². The average Bonchev–Trinajstić information content (AvgIpc) is 2.43. The normalized spacial score (nSPS) is 10.5. The van der Waals surface area contributed by atoms with Crippen molar-refractivity contribution in [3.8, 4) is 0 Å². The molecule has 0 aromatic carbocycles. The standard InChI is InChI=1S/C12H22N4O3/c1-13-10-8-11(16-12(15-10)9-18-3)14-4-5-19-7-6-17-2/h8H,4-7,9H2,1-3H3,(H2,13,14,15,16). The van der Waals surface area contributed by atoms with Crippen LogP contribution in [0, 0.1) is 0 Å². The first-order valence-electron chi connectivity index (χ1n) is 6.15. The fraction of sp³-hybridized carbons (Fsp3) is 0.667. The molecule has 0 unspecified atom stereocenters. The first kappa shape index (κ1) is 15.6. The zero-order valence-corrected chi connectivity index (χ0v) is 11.7. The highest BCUT2D eigenvalue weighted by molar-refractivity contribution is 5.47. The van der Waals surface area contributed by atoms with Crippen molar-refractivity contribution >= 4 is 11.6 Å². The van der Waals surface area contributed by atoms with E-state index < -0.39 is 0 Å². The Hall–Kier alpha value is -1.44. The molecule has 7 nitrogen and oxygen atoms in total. The smallest absolute Gasteiger partial charge is 0.158 e. The van der Waals surface area contributed by atoms with Gasteiger partial charge in [0.25, 0.3) is 0 Å². The minimum Gasteiger partial charge on any atom is -0.382 e. The topological polar surface area (TPSA) is 77.5 Å². The van der Waals surface area contributed by atoms with E-state index in [-0.39, 0.29) is 0 Å². The first-order valence-corrected chi connectivity index (χ1v) is 6.15. The zero-order chi connectivity index (χ0) is 13.9. The number of aromatic nitrogens is 2. The predicted octanol–water partition coefficient (Wildman–Crippen LogP) is 0.740. The number of nitrogens with one attached hydrogen (secondary N) is 2. The van der Waals surface area contributed by atoms with Gasteiger partial charge in [-0.1, -0.05) is 0 Å². The molecule has 0 saturated heterocycles. The first-order chi connectivity index (χ1) is 9.30. The van der Waals surface area contributed by atoms with Crippen molar-refractivity contribution in [3.63, 3.8) is 0 Å². The maximum Gasteiger partial charge on any atom is 0.158 e. The van der Waals surface area contributed by atoms with Gasteiger partial charge < -0.3 is 24.8 Å². The molecule has 1 aromatic rings. The number of anilines is 2. The van der Waals surface area contributed by atoms with E-state index in [9.17, 15) is 0 Å². The highest BCUT2D eigenvalue weighted by Crippen LogP contribution is 2.11. The van der Waals surface area contributed by atoms with Crippen LogP contribution in [0.3, 0.4) is 0 Å². The second kappa shape index (κ2) is 9.48. The van der Waals surface area contributed by atoms with E-state index >= 15 is 0 Å². The lowest BCUT2D eigenvalue weighted by Crippen LogP contribution is -2.14. The molecule has 0 radical (unpaired) electrons. The van der Waals surface area contributed by atoms with E-state index in [1.54, 1.807) is 14.2 Å². The predicted molar refractivity (Wildman–Crippen MR) is 73.5 cm³/mol. The van der Waals surface area contributed by atoms with Gasteiger partial charge in [-0.3, -0.25) is 0 Å². The summed E-state index contributed by atoms with van der Waals surface area (Å²) in [7, 11) is 5.09. The summed E-state index contributed by atoms with van der Waals surface area (Å²) in [4.78, 5) is 8.61. The second-order valence-corrected chi connectivity index (χ2v) is 3.77. The van der Waals surface area contributed by atoms with Gasteiger partial charge >= 0.3 is 0 Å². The van der Waals surface area contributed by atoms with Crippen LogP contribution in [0.1, 0.15) is 5.82 Å². The fourth-order valence-corrected chi connectivity index (χ4v) is 1.41. The molecule has 108 valence electrons. The highest BCUT2D eigenvalue weighted by Gasteiger charge is 2.03. The number of hydrogen-bond donors (Lipinski definition) is 2. The Kier molecular flexibility index (Phi) is 7.80. The monoisotopic (exact) mass is 270 g/mol. The van der Waals surface area contributed by atoms with Gasteiger partial charge in [0.1, 0.15) is 18.2 Å². The molecule has 0 saturated carbocycles. The number of nitrogens with zero attached hydrogens (tertiary/aromatic N) is 2. The maximum absolute atomic E-state index is 5.36. The number of hydrogen-bond acceptors (Lipinski definition) is 7. The Morgan fingerprint density at radius 3 is 2.53 bits per heavy atom. The minimum atomic E-state index is 0.383. The van der Waals surface area contributed by atoms with Gasteiger partial charge in [0.2, 0.25) is 0 Å². The summed E-state index contributed by atoms with van der Waals surface area (Å²) < 4.78 is 15.3. The summed E-state index contributed by atoms with van der Waals surface area (Å²) in [6, 6.07) is 1.84. The molecular formula is C12H22N4O3. The molecule has 0 bridgehead atoms. The summed E-state index contributed by atoms with van der Waals surface area (Å²) in [5.41, 5.74) is 0. The molecule has 19 heavy (non-hydrogen) atoms. The Bertz CT molecular complexity index is 363. The van der Waals surface area contributed by atoms with Gasteiger partial charge in [-0.2, -0.15) is 0 Å². The van der Waals surface area contributed by atoms with Crippen molar-refractivity contribution in [2.75, 3.05) is 58.3 Å². The van der Waals surface area contributed by atoms with E-state index in [1.165, 1.54) is 0 Å². The third kappa shape index (κ3) is 6.32. The maximum atomic E-state index is 5.36. The van der Waals surface area contributed by atoms with Crippen LogP contribution >= 0.6 is 0 Å². The van der Waals surface area contributed by atoms with E-state index in [0.29, 0.717) is 38.8 Å². The summed E-state index contributed by atoms with van der Waals surface area (Å²) in [6.07, 6.45) is 0. The van der Waals surface area contributed by atoms with Crippen LogP contribution in [-0.4, -0.2) is 57.6 Å². The summed E-state index contributed by atoms with van der Waals surface area (Å²) >= 11 is 0. The van der Waals surface area contributed by atoms with Crippen LogP contribution in [-0.2, 0) is 20.8 Å². The van der Waals surface area contributed by atoms with Crippen LogP contribution in [0.25, 0.3) is 0 Å². The molecule has 1 aromatic heterocycles. The molecule has 7 heteroatoms. The van der Waals surface area contributed by atoms with E-state index in [4.69, 9.17) is 14.2 Å². The molecule has 0 aliphatic carbocycles. The van der Waals surface area contributed by atoms with Gasteiger partial charge in [-0.05, 0) is 0 Å². The van der Waals surface area contributed by atoms with Crippen molar-refractivity contribution < 1.29 is 14.2 Å². The molecule has 2 N–H and O–H groups in total. The van der Waals surface area contributed by atoms with E-state index in [0.717, 1.165) is 11.6 Å². The second-order valence-electron chi connectivity index (χ2n) is 3.77. The number of ether oxygens (including phenoxy) is 3. The Labute approximate surface area is 113 Å². The molecule has 0 aliphatic heterocycles. The van der Waals surface area contributed by atoms with Gasteiger partial charge in [0.15, 0.2) is 5.82 Å². The lowest BCUT2D eigenvalue weighted by molar-refractivity contribution is 0.0759. The quantitative estimate of drug-likeness (QED) is 0.607. The molecule has 0 fully saturated rings. The third-order valence-electron chi connectivity index (χ3n) is 2.29. The van der Waals surface area contributed by atoms with E-state index in [2.05, 4.69) is 20.6 Å². The summed E-state index contributed by atoms with van der Waals surface area (Å²) in [5, 5.41) is 6.17. The largest absolute Gasteiger partial charge is 0.382 e. The molecule has 0 atom stereocenters. The molecule has 0 aliphatic rings. The SMILES string of the molecule is CNc1cc(NCCOCCOC)nc(COC)n1. The summed E-state index contributed by atoms with van der Waals surface area (Å²) in [5.74, 6) is 2.14. The van der Waals surface area contributed by atoms with Crippen molar-refractivity contribution in [1.29, 1.82) is 0 Å². The highest BCUT2D eigenvalue weighted by atomic mass is 16.5. The zero-order valence-electron chi connectivity index (χ0n) is 11.7. The van der Waals surface area contributed by atoms with Crippen LogP contribution in [0.15, 0.2) is 6.07 Å². The van der Waals surface area contributed by atoms with Crippen molar-refractivity contribution in [1.82, 2.24) is 9.97 Å². The van der Waals surface area contributed by atoms with Crippen LogP contribution in [0.5, 0.6) is 0 Å². The van der Waals surface area contributed by atoms with Crippen molar-refractivity contribution in [2.45, 2.75) is 6.61 Å². The molecule has 0 spiro atoms. The van der Waals surface area contributed by atoms with Gasteiger partial charge in [0, 0.05) is 33.9 Å². The fourth-order valence-electron chi connectivity index (χ4n) is 1.41. The summed E-state index contributed by atoms with van der Waals surface area (Å²) in [6.45, 7) is 2.86. The van der Waals surface area contributed by atoms with Crippen LogP contribution in [0.4, 0.5) is 11.6 Å².